The standard InChI is InChI=1S/C11H15N3O2/c1-16-11-9(5-4-8-14-11)10(15)13-7-3-2-6-12/h2-5,8H,6-7,12H2,1H3,(H,13,15)/b3-2+. The molecule has 1 amide bonds. The molecule has 0 aliphatic rings. The van der Waals surface area contributed by atoms with E-state index in [1.54, 1.807) is 30.5 Å². The van der Waals surface area contributed by atoms with E-state index < -0.39 is 0 Å². The second-order valence-electron chi connectivity index (χ2n) is 2.98. The maximum absolute atomic E-state index is 11.7. The Bertz CT molecular complexity index is 377. The number of hydrogen-bond donors (Lipinski definition) is 2. The molecular formula is C11H15N3O2. The SMILES string of the molecule is COc1ncccc1C(=O)NC/C=C/CN. The number of ether oxygens (including phenoxy) is 1. The number of hydrogen-bond acceptors (Lipinski definition) is 4. The Morgan fingerprint density at radius 1 is 1.62 bits per heavy atom. The van der Waals surface area contributed by atoms with Crippen LogP contribution in [0.2, 0.25) is 0 Å². The van der Waals surface area contributed by atoms with Crippen molar-refractivity contribution in [2.45, 2.75) is 0 Å². The molecule has 5 heteroatoms. The minimum atomic E-state index is -0.216. The largest absolute Gasteiger partial charge is 0.480 e. The number of carbonyl (C=O) groups is 1. The lowest BCUT2D eigenvalue weighted by Crippen LogP contribution is -2.24. The van der Waals surface area contributed by atoms with E-state index in [1.165, 1.54) is 7.11 Å². The number of nitrogens with one attached hydrogen (secondary N) is 1. The molecule has 16 heavy (non-hydrogen) atoms. The summed E-state index contributed by atoms with van der Waals surface area (Å²) in [7, 11) is 1.48. The Labute approximate surface area is 94.3 Å². The lowest BCUT2D eigenvalue weighted by molar-refractivity contribution is 0.0954. The molecule has 0 saturated heterocycles. The Morgan fingerprint density at radius 2 is 2.44 bits per heavy atom. The molecule has 0 spiro atoms. The summed E-state index contributed by atoms with van der Waals surface area (Å²) in [5, 5.41) is 2.71. The molecular weight excluding hydrogens is 206 g/mol. The molecule has 0 atom stereocenters. The molecule has 0 saturated carbocycles. The first-order valence-corrected chi connectivity index (χ1v) is 4.92. The molecule has 0 fully saturated rings. The number of carbonyl (C=O) groups excluding carboxylic acids is 1. The number of rotatable bonds is 5. The Kier molecular flexibility index (Phi) is 5.01. The third-order valence-corrected chi connectivity index (χ3v) is 1.89. The van der Waals surface area contributed by atoms with E-state index in [-0.39, 0.29) is 5.91 Å². The average Bonchev–Trinajstić information content (AvgIpc) is 2.34. The summed E-state index contributed by atoms with van der Waals surface area (Å²) in [6.07, 6.45) is 5.14. The zero-order valence-corrected chi connectivity index (χ0v) is 9.14. The fraction of sp³-hybridized carbons (Fsp3) is 0.273. The van der Waals surface area contributed by atoms with Crippen molar-refractivity contribution in [1.29, 1.82) is 0 Å². The molecule has 1 rings (SSSR count). The van der Waals surface area contributed by atoms with E-state index in [4.69, 9.17) is 10.5 Å². The van der Waals surface area contributed by atoms with Crippen LogP contribution in [0.5, 0.6) is 5.88 Å². The summed E-state index contributed by atoms with van der Waals surface area (Å²) in [6, 6.07) is 3.35. The number of amides is 1. The number of aromatic nitrogens is 1. The third-order valence-electron chi connectivity index (χ3n) is 1.89. The van der Waals surface area contributed by atoms with Crippen molar-refractivity contribution in [3.8, 4) is 5.88 Å². The minimum Gasteiger partial charge on any atom is -0.480 e. The summed E-state index contributed by atoms with van der Waals surface area (Å²) in [4.78, 5) is 15.6. The van der Waals surface area contributed by atoms with Crippen molar-refractivity contribution in [3.05, 3.63) is 36.0 Å². The number of nitrogens with two attached hydrogens (primary N) is 1. The molecule has 0 aliphatic carbocycles. The van der Waals surface area contributed by atoms with E-state index in [2.05, 4.69) is 10.3 Å². The van der Waals surface area contributed by atoms with Crippen molar-refractivity contribution in [1.82, 2.24) is 10.3 Å². The summed E-state index contributed by atoms with van der Waals surface area (Å²) < 4.78 is 4.98. The highest BCUT2D eigenvalue weighted by molar-refractivity contribution is 5.96. The first-order valence-electron chi connectivity index (χ1n) is 4.92. The van der Waals surface area contributed by atoms with Crippen LogP contribution in [0.1, 0.15) is 10.4 Å². The smallest absolute Gasteiger partial charge is 0.257 e. The van der Waals surface area contributed by atoms with Gasteiger partial charge in [-0.1, -0.05) is 12.2 Å². The maximum Gasteiger partial charge on any atom is 0.257 e. The molecule has 1 aromatic heterocycles. The second-order valence-corrected chi connectivity index (χ2v) is 2.98. The predicted octanol–water partition coefficient (Wildman–Crippen LogP) is 0.335. The summed E-state index contributed by atoms with van der Waals surface area (Å²) in [5.74, 6) is 0.106. The highest BCUT2D eigenvalue weighted by atomic mass is 16.5. The van der Waals surface area contributed by atoms with Crippen LogP contribution in [-0.4, -0.2) is 31.1 Å². The van der Waals surface area contributed by atoms with Gasteiger partial charge in [0.05, 0.1) is 7.11 Å². The fourth-order valence-electron chi connectivity index (χ4n) is 1.15. The molecule has 1 aromatic rings. The average molecular weight is 221 g/mol. The normalized spacial score (nSPS) is 10.4. The quantitative estimate of drug-likeness (QED) is 0.703. The molecule has 1 heterocycles. The molecule has 5 nitrogen and oxygen atoms in total. The number of methoxy groups -OCH3 is 1. The van der Waals surface area contributed by atoms with Gasteiger partial charge in [-0.2, -0.15) is 0 Å². The van der Waals surface area contributed by atoms with Crippen molar-refractivity contribution >= 4 is 5.91 Å². The maximum atomic E-state index is 11.7. The van der Waals surface area contributed by atoms with E-state index >= 15 is 0 Å². The topological polar surface area (TPSA) is 77.2 Å². The molecule has 3 N–H and O–H groups in total. The molecule has 0 bridgehead atoms. The first-order chi connectivity index (χ1) is 7.79. The van der Waals surface area contributed by atoms with Crippen LogP contribution >= 0.6 is 0 Å². The van der Waals surface area contributed by atoms with Gasteiger partial charge in [0.25, 0.3) is 5.91 Å². The lowest BCUT2D eigenvalue weighted by Gasteiger charge is -2.06. The van der Waals surface area contributed by atoms with Gasteiger partial charge in [-0.3, -0.25) is 4.79 Å². The van der Waals surface area contributed by atoms with Crippen LogP contribution in [0.4, 0.5) is 0 Å². The highest BCUT2D eigenvalue weighted by Crippen LogP contribution is 2.12. The predicted molar refractivity (Wildman–Crippen MR) is 61.3 cm³/mol. The lowest BCUT2D eigenvalue weighted by atomic mass is 10.2. The second kappa shape index (κ2) is 6.58. The van der Waals surface area contributed by atoms with Crippen LogP contribution in [0.25, 0.3) is 0 Å². The minimum absolute atomic E-state index is 0.216. The van der Waals surface area contributed by atoms with Crippen molar-refractivity contribution in [3.63, 3.8) is 0 Å². The van der Waals surface area contributed by atoms with Gasteiger partial charge in [0.1, 0.15) is 5.56 Å². The zero-order valence-electron chi connectivity index (χ0n) is 9.14. The Balaban J connectivity index is 2.62. The Hall–Kier alpha value is -1.88. The molecule has 0 aliphatic heterocycles. The highest BCUT2D eigenvalue weighted by Gasteiger charge is 2.10. The van der Waals surface area contributed by atoms with E-state index in [0.29, 0.717) is 24.5 Å². The van der Waals surface area contributed by atoms with Gasteiger partial charge in [0.2, 0.25) is 5.88 Å². The molecule has 0 radical (unpaired) electrons. The fourth-order valence-corrected chi connectivity index (χ4v) is 1.15. The van der Waals surface area contributed by atoms with Gasteiger partial charge in [-0.15, -0.1) is 0 Å². The third kappa shape index (κ3) is 3.36. The van der Waals surface area contributed by atoms with Crippen LogP contribution < -0.4 is 15.8 Å². The summed E-state index contributed by atoms with van der Waals surface area (Å²) in [5.41, 5.74) is 5.70. The molecule has 0 unspecified atom stereocenters. The number of pyridine rings is 1. The zero-order chi connectivity index (χ0) is 11.8. The monoisotopic (exact) mass is 221 g/mol. The first kappa shape index (κ1) is 12.2. The van der Waals surface area contributed by atoms with Gasteiger partial charge in [0, 0.05) is 19.3 Å². The Morgan fingerprint density at radius 3 is 3.12 bits per heavy atom. The summed E-state index contributed by atoms with van der Waals surface area (Å²) >= 11 is 0. The molecule has 0 aromatic carbocycles. The van der Waals surface area contributed by atoms with Crippen molar-refractivity contribution in [2.24, 2.45) is 5.73 Å². The summed E-state index contributed by atoms with van der Waals surface area (Å²) in [6.45, 7) is 0.903. The van der Waals surface area contributed by atoms with Crippen LogP contribution in [0.3, 0.4) is 0 Å². The van der Waals surface area contributed by atoms with Crippen LogP contribution in [-0.2, 0) is 0 Å². The van der Waals surface area contributed by atoms with Crippen LogP contribution in [0, 0.1) is 0 Å². The van der Waals surface area contributed by atoms with Gasteiger partial charge in [-0.05, 0) is 12.1 Å². The molecule has 86 valence electrons. The van der Waals surface area contributed by atoms with Crippen LogP contribution in [0.15, 0.2) is 30.5 Å². The van der Waals surface area contributed by atoms with Crippen molar-refractivity contribution in [2.75, 3.05) is 20.2 Å². The number of nitrogens with zero attached hydrogens (tertiary/aromatic N) is 1. The van der Waals surface area contributed by atoms with Crippen molar-refractivity contribution < 1.29 is 9.53 Å². The van der Waals surface area contributed by atoms with E-state index in [0.717, 1.165) is 0 Å². The van der Waals surface area contributed by atoms with Gasteiger partial charge in [0.15, 0.2) is 0 Å². The van der Waals surface area contributed by atoms with E-state index in [1.807, 2.05) is 0 Å². The van der Waals surface area contributed by atoms with Gasteiger partial charge >= 0.3 is 0 Å². The van der Waals surface area contributed by atoms with E-state index in [9.17, 15) is 4.79 Å². The van der Waals surface area contributed by atoms with Gasteiger partial charge in [-0.25, -0.2) is 4.98 Å². The van der Waals surface area contributed by atoms with Gasteiger partial charge < -0.3 is 15.8 Å².